The van der Waals surface area contributed by atoms with Gasteiger partial charge in [0, 0.05) is 228 Å². The maximum absolute atomic E-state index is 11.9. The monoisotopic (exact) mass is 1950 g/mol. The van der Waals surface area contributed by atoms with E-state index in [1.165, 1.54) is 25.0 Å². The van der Waals surface area contributed by atoms with Gasteiger partial charge in [0.15, 0.2) is 46.3 Å². The molecule has 21 heteroatoms. The van der Waals surface area contributed by atoms with Crippen LogP contribution in [0.5, 0.6) is 23.0 Å². The third-order valence-corrected chi connectivity index (χ3v) is 16.0. The summed E-state index contributed by atoms with van der Waals surface area (Å²) in [5.41, 5.74) is 8.74. The molecule has 0 saturated heterocycles. The van der Waals surface area contributed by atoms with Gasteiger partial charge in [0.2, 0.25) is 0 Å². The summed E-state index contributed by atoms with van der Waals surface area (Å²) in [7, 11) is 3.27. The maximum atomic E-state index is 11.9. The molecule has 0 aliphatic heterocycles. The Bertz CT molecular complexity index is 3300. The SMILES string of the molecule is C=C(C)C(=O)CC[CH-]COC.C=C(C)C(=O)CC[CH-]COC.C=C(C)C(=O)CC[CH-]COc1ccc(C(C)(CCC(C)=O)c2ccc(OC[CH-]CCC(=O)C(=C)C)cc2)cc1.C=C(C)C(=O)CC[CH-]COc1cccc(C(C)=O)c1C(C)=O.C=C(C)C(=O)CC[CH-]COc1cccc(CC)c1CC.[Y].[Y].[Y].[Y].[Y].[Y]. The van der Waals surface area contributed by atoms with Crippen molar-refractivity contribution in [2.45, 2.75) is 191 Å². The van der Waals surface area contributed by atoms with Crippen molar-refractivity contribution in [1.82, 2.24) is 0 Å². The topological polar surface area (TPSA) is 209 Å². The molecule has 6 radical (unpaired) electrons. The molecule has 0 fully saturated rings. The second kappa shape index (κ2) is 72.5. The molecule has 0 spiro atoms. The van der Waals surface area contributed by atoms with E-state index in [1.807, 2.05) is 99.2 Å². The van der Waals surface area contributed by atoms with Crippen LogP contribution in [0.1, 0.15) is 216 Å². The Hall–Kier alpha value is -1.91. The summed E-state index contributed by atoms with van der Waals surface area (Å²) in [6.07, 6.45) is 21.9. The summed E-state index contributed by atoms with van der Waals surface area (Å²) in [4.78, 5) is 103. The van der Waals surface area contributed by atoms with Gasteiger partial charge in [-0.05, 0) is 239 Å². The third kappa shape index (κ3) is 55.4. The summed E-state index contributed by atoms with van der Waals surface area (Å²) in [5, 5.41) is 0. The molecule has 15 nitrogen and oxygen atoms in total. The Morgan fingerprint density at radius 1 is 0.358 bits per heavy atom. The normalized spacial score (nSPS) is 9.85. The molecular weight excluding hydrogens is 1830 g/mol. The molecule has 0 aromatic heterocycles. The number of carbonyl (C=O) groups excluding carboxylic acids is 9. The van der Waals surface area contributed by atoms with Gasteiger partial charge in [-0.1, -0.05) is 122 Å². The zero-order valence-corrected chi connectivity index (χ0v) is 85.0. The molecule has 0 bridgehead atoms. The fourth-order valence-corrected chi connectivity index (χ4v) is 9.53. The van der Waals surface area contributed by atoms with Crippen molar-refractivity contribution >= 4 is 52.0 Å². The van der Waals surface area contributed by atoms with Gasteiger partial charge in [-0.25, -0.2) is 0 Å². The molecule has 4 rings (SSSR count). The van der Waals surface area contributed by atoms with E-state index in [-0.39, 0.29) is 260 Å². The van der Waals surface area contributed by atoms with Crippen LogP contribution in [-0.2, 0) is 258 Å². The molecule has 584 valence electrons. The molecule has 0 unspecified atom stereocenters. The first-order valence-electron chi connectivity index (χ1n) is 35.3. The van der Waals surface area contributed by atoms with E-state index in [1.54, 1.807) is 80.9 Å². The molecule has 4 aromatic rings. The number of unbranched alkanes of at least 4 members (excludes halogenated alkanes) is 6. The molecule has 0 amide bonds. The first-order chi connectivity index (χ1) is 48.8. The average molecular weight is 1950 g/mol. The van der Waals surface area contributed by atoms with Crippen molar-refractivity contribution in [2.24, 2.45) is 0 Å². The largest absolute Gasteiger partial charge is 0.525 e. The van der Waals surface area contributed by atoms with Gasteiger partial charge in [-0.3, -0.25) is 64.0 Å². The van der Waals surface area contributed by atoms with E-state index in [4.69, 9.17) is 28.4 Å². The van der Waals surface area contributed by atoms with Crippen LogP contribution < -0.4 is 18.9 Å². The van der Waals surface area contributed by atoms with E-state index in [0.717, 1.165) is 60.5 Å². The van der Waals surface area contributed by atoms with Gasteiger partial charge >= 0.3 is 0 Å². The third-order valence-electron chi connectivity index (χ3n) is 16.0. The van der Waals surface area contributed by atoms with Crippen molar-refractivity contribution in [3.63, 3.8) is 0 Å². The molecule has 4 aromatic carbocycles. The van der Waals surface area contributed by atoms with Crippen molar-refractivity contribution in [3.05, 3.63) is 230 Å². The Morgan fingerprint density at radius 3 is 0.927 bits per heavy atom. The smallest absolute Gasteiger partial charge is 0.164 e. The Morgan fingerprint density at radius 2 is 0.651 bits per heavy atom. The fourth-order valence-electron chi connectivity index (χ4n) is 9.53. The predicted octanol–water partition coefficient (Wildman–Crippen LogP) is 18.8. The molecule has 0 aliphatic rings. The van der Waals surface area contributed by atoms with Crippen LogP contribution in [0, 0.1) is 38.5 Å². The number of allylic oxidation sites excluding steroid dienone is 6. The minimum absolute atomic E-state index is 0. The molecule has 0 aliphatic carbocycles. The summed E-state index contributed by atoms with van der Waals surface area (Å²) in [6.45, 7) is 45.9. The van der Waals surface area contributed by atoms with Crippen molar-refractivity contribution in [2.75, 3.05) is 53.9 Å². The van der Waals surface area contributed by atoms with Gasteiger partial charge in [-0.2, -0.15) is 38.5 Å². The van der Waals surface area contributed by atoms with Gasteiger partial charge in [0.1, 0.15) is 28.8 Å². The molecule has 109 heavy (non-hydrogen) atoms. The van der Waals surface area contributed by atoms with E-state index >= 15 is 0 Å². The van der Waals surface area contributed by atoms with Crippen molar-refractivity contribution in [3.8, 4) is 23.0 Å². The molecule has 0 atom stereocenters. The quantitative estimate of drug-likeness (QED) is 0.0174. The van der Waals surface area contributed by atoms with E-state index in [9.17, 15) is 43.2 Å². The average Bonchev–Trinajstić information content (AvgIpc) is 0.797. The second-order valence-electron chi connectivity index (χ2n) is 25.3. The number of Topliss-reactive ketones (excluding diaryl/α,β-unsaturated/α-hetero) is 9. The number of ether oxygens (including phenoxy) is 6. The van der Waals surface area contributed by atoms with Crippen LogP contribution in [0.3, 0.4) is 0 Å². The number of benzene rings is 4. The van der Waals surface area contributed by atoms with Gasteiger partial charge in [0.25, 0.3) is 0 Å². The standard InChI is InChI=1S/C34H42O5.C18H21O4.C18H25O2.2C9H15O2.6Y/c1-25(2)32(36)11-7-9-23-38-30-17-13-28(14-18-30)34(6,22-21-27(5)35)29-15-19-31(20-16-29)39-24-10-8-12-33(37)26(3)4;1-12(2)16(21)9-5-6-11-22-17-10-7-8-15(13(3)19)18(17)14(4)20;1-5-15-10-9-12-18(16(15)6-2)20-13-8-7-11-17(19)14(3)4;2*1-8(2)9(10)6-4-5-7-11-3;;;;;;/h9-10,13-20H,1,3,7-8,11-12,21-24H2,2,4-6H3;6-8,10H,1,5,9,11H2,2-4H3;8-10,12H,3,5-7,11,13H2,1-2,4H3;2*5H,1,4,6-7H2,2-3H3;;;;;;/q-2;4*-1;;;;;;. The Balaban J connectivity index is -0.000000256. The van der Waals surface area contributed by atoms with E-state index in [0.29, 0.717) is 154 Å². The maximum Gasteiger partial charge on any atom is 0.164 e. The van der Waals surface area contributed by atoms with Crippen LogP contribution in [-0.4, -0.2) is 106 Å². The van der Waals surface area contributed by atoms with Gasteiger partial charge < -0.3 is 46.1 Å². The van der Waals surface area contributed by atoms with Gasteiger partial charge in [-0.15, -0.1) is 0 Å². The number of carbonyl (C=O) groups is 9. The predicted molar refractivity (Wildman–Crippen MR) is 417 cm³/mol. The van der Waals surface area contributed by atoms with E-state index < -0.39 is 0 Å². The fraction of sp³-hybridized carbons (Fsp3) is 0.420. The number of methoxy groups -OCH3 is 2. The number of hydrogen-bond acceptors (Lipinski definition) is 15. The first-order valence-corrected chi connectivity index (χ1v) is 35.3. The van der Waals surface area contributed by atoms with Crippen LogP contribution in [0.25, 0.3) is 0 Å². The summed E-state index contributed by atoms with van der Waals surface area (Å²) >= 11 is 0. The zero-order valence-electron chi connectivity index (χ0n) is 67.9. The molecular formula is C88H118O15Y6-6. The number of rotatable bonds is 49. The van der Waals surface area contributed by atoms with Crippen molar-refractivity contribution in [1.29, 1.82) is 0 Å². The Kier molecular flexibility index (Phi) is 80.1. The molecule has 0 heterocycles. The first kappa shape index (κ1) is 120. The van der Waals surface area contributed by atoms with Crippen LogP contribution >= 0.6 is 0 Å². The van der Waals surface area contributed by atoms with E-state index in [2.05, 4.69) is 66.3 Å². The summed E-state index contributed by atoms with van der Waals surface area (Å²) < 4.78 is 32.6. The number of hydrogen-bond donors (Lipinski definition) is 0. The number of ketones is 9. The van der Waals surface area contributed by atoms with Crippen LogP contribution in [0.4, 0.5) is 0 Å². The molecule has 0 saturated carbocycles. The minimum Gasteiger partial charge on any atom is -0.525 e. The van der Waals surface area contributed by atoms with Gasteiger partial charge in [0.05, 0.1) is 5.56 Å². The minimum atomic E-state index is -0.368. The summed E-state index contributed by atoms with van der Waals surface area (Å²) in [6, 6.07) is 27.1. The zero-order chi connectivity index (χ0) is 77.9. The molecule has 0 N–H and O–H groups in total. The second-order valence-corrected chi connectivity index (χ2v) is 25.3. The van der Waals surface area contributed by atoms with Crippen molar-refractivity contribution < 1.29 is 268 Å². The summed E-state index contributed by atoms with van der Waals surface area (Å²) in [5.74, 6) is 3.21. The Labute approximate surface area is 806 Å². The number of aryl methyl sites for hydroxylation is 1. The van der Waals surface area contributed by atoms with Crippen LogP contribution in [0.15, 0.2) is 158 Å². The van der Waals surface area contributed by atoms with Crippen LogP contribution in [0.2, 0.25) is 0 Å².